The summed E-state index contributed by atoms with van der Waals surface area (Å²) in [6, 6.07) is 9.22. The lowest BCUT2D eigenvalue weighted by molar-refractivity contribution is 0.925. The third-order valence-electron chi connectivity index (χ3n) is 2.70. The monoisotopic (exact) mass is 325 g/mol. The van der Waals surface area contributed by atoms with E-state index in [1.54, 1.807) is 18.3 Å². The van der Waals surface area contributed by atoms with Crippen molar-refractivity contribution in [3.8, 4) is 0 Å². The Kier molecular flexibility index (Phi) is 5.17. The molecule has 0 unspecified atom stereocenters. The van der Waals surface area contributed by atoms with Gasteiger partial charge in [0, 0.05) is 22.8 Å². The molecule has 1 heterocycles. The van der Waals surface area contributed by atoms with Crippen molar-refractivity contribution in [1.29, 1.82) is 0 Å². The van der Waals surface area contributed by atoms with Gasteiger partial charge in [0.1, 0.15) is 5.82 Å². The quantitative estimate of drug-likeness (QED) is 0.830. The zero-order valence-electron chi connectivity index (χ0n) is 10.8. The van der Waals surface area contributed by atoms with Gasteiger partial charge in [-0.3, -0.25) is 0 Å². The predicted octanol–water partition coefficient (Wildman–Crippen LogP) is 4.18. The van der Waals surface area contributed by atoms with Crippen LogP contribution in [0.1, 0.15) is 11.1 Å². The van der Waals surface area contributed by atoms with Crippen molar-refractivity contribution < 1.29 is 0 Å². The number of hydrogen-bond acceptors (Lipinski definition) is 2. The maximum absolute atomic E-state index is 6.10. The average molecular weight is 326 g/mol. The number of halogens is 2. The number of nitrogens with one attached hydrogen (secondary N) is 2. The van der Waals surface area contributed by atoms with Crippen molar-refractivity contribution in [1.82, 2.24) is 10.3 Å². The summed E-state index contributed by atoms with van der Waals surface area (Å²) in [7, 11) is 0. The number of benzene rings is 1. The molecule has 0 amide bonds. The van der Waals surface area contributed by atoms with E-state index in [2.05, 4.69) is 15.6 Å². The number of aryl methyl sites for hydroxylation is 1. The third kappa shape index (κ3) is 4.07. The number of nitrogens with zero attached hydrogens (tertiary/aromatic N) is 1. The van der Waals surface area contributed by atoms with Crippen molar-refractivity contribution in [2.24, 2.45) is 0 Å². The summed E-state index contributed by atoms with van der Waals surface area (Å²) in [4.78, 5) is 4.22. The Morgan fingerprint density at radius 1 is 1.30 bits per heavy atom. The summed E-state index contributed by atoms with van der Waals surface area (Å²) >= 11 is 17.2. The number of pyridine rings is 1. The highest BCUT2D eigenvalue weighted by atomic mass is 35.5. The molecule has 2 rings (SSSR count). The van der Waals surface area contributed by atoms with Gasteiger partial charge < -0.3 is 10.6 Å². The van der Waals surface area contributed by atoms with Crippen molar-refractivity contribution in [2.45, 2.75) is 13.5 Å². The first-order valence-corrected chi connectivity index (χ1v) is 7.13. The van der Waals surface area contributed by atoms with E-state index in [1.807, 2.05) is 25.1 Å². The van der Waals surface area contributed by atoms with Crippen molar-refractivity contribution in [3.63, 3.8) is 0 Å². The highest BCUT2D eigenvalue weighted by Gasteiger charge is 2.04. The lowest BCUT2D eigenvalue weighted by Gasteiger charge is -2.12. The van der Waals surface area contributed by atoms with Crippen LogP contribution in [0.5, 0.6) is 0 Å². The van der Waals surface area contributed by atoms with E-state index >= 15 is 0 Å². The minimum Gasteiger partial charge on any atom is -0.358 e. The van der Waals surface area contributed by atoms with Gasteiger partial charge in [-0.05, 0) is 48.5 Å². The van der Waals surface area contributed by atoms with Crippen LogP contribution in [-0.4, -0.2) is 10.1 Å². The number of thiocarbonyl (C=S) groups is 1. The third-order valence-corrected chi connectivity index (χ3v) is 3.53. The van der Waals surface area contributed by atoms with Crippen LogP contribution >= 0.6 is 35.4 Å². The Morgan fingerprint density at radius 2 is 2.10 bits per heavy atom. The molecule has 2 aromatic rings. The van der Waals surface area contributed by atoms with Crippen molar-refractivity contribution >= 4 is 46.4 Å². The van der Waals surface area contributed by atoms with Gasteiger partial charge in [0.25, 0.3) is 0 Å². The van der Waals surface area contributed by atoms with Gasteiger partial charge in [-0.15, -0.1) is 0 Å². The molecule has 6 heteroatoms. The van der Waals surface area contributed by atoms with Gasteiger partial charge in [0.15, 0.2) is 5.11 Å². The number of rotatable bonds is 3. The molecule has 0 atom stereocenters. The van der Waals surface area contributed by atoms with E-state index in [4.69, 9.17) is 35.4 Å². The Bertz CT molecular complexity index is 632. The van der Waals surface area contributed by atoms with E-state index in [0.29, 0.717) is 21.7 Å². The standard InChI is InChI=1S/C14H13Cl2N3S/c1-9-3-2-6-17-13(9)19-14(20)18-8-10-4-5-11(15)7-12(10)16/h2-7H,8H2,1H3,(H2,17,18,19,20). The van der Waals surface area contributed by atoms with Crippen LogP contribution in [0.2, 0.25) is 10.0 Å². The maximum atomic E-state index is 6.10. The predicted molar refractivity (Wildman–Crippen MR) is 88.5 cm³/mol. The first kappa shape index (κ1) is 15.0. The summed E-state index contributed by atoms with van der Waals surface area (Å²) in [5.41, 5.74) is 1.96. The van der Waals surface area contributed by atoms with E-state index < -0.39 is 0 Å². The second-order valence-corrected chi connectivity index (χ2v) is 5.46. The summed E-state index contributed by atoms with van der Waals surface area (Å²) in [6.07, 6.45) is 1.72. The second-order valence-electron chi connectivity index (χ2n) is 4.21. The highest BCUT2D eigenvalue weighted by Crippen LogP contribution is 2.20. The summed E-state index contributed by atoms with van der Waals surface area (Å²) in [5, 5.41) is 7.86. The molecule has 0 aliphatic rings. The fourth-order valence-corrected chi connectivity index (χ4v) is 2.25. The number of anilines is 1. The fourth-order valence-electron chi connectivity index (χ4n) is 1.61. The van der Waals surface area contributed by atoms with Gasteiger partial charge in [-0.25, -0.2) is 4.98 Å². The molecule has 2 N–H and O–H groups in total. The topological polar surface area (TPSA) is 37.0 Å². The lowest BCUT2D eigenvalue weighted by Crippen LogP contribution is -2.28. The largest absolute Gasteiger partial charge is 0.358 e. The van der Waals surface area contributed by atoms with E-state index in [1.165, 1.54) is 0 Å². The van der Waals surface area contributed by atoms with Gasteiger partial charge in [-0.2, -0.15) is 0 Å². The molecule has 0 radical (unpaired) electrons. The smallest absolute Gasteiger partial charge is 0.172 e. The van der Waals surface area contributed by atoms with Crippen LogP contribution in [0, 0.1) is 6.92 Å². The van der Waals surface area contributed by atoms with Gasteiger partial charge in [-0.1, -0.05) is 35.3 Å². The Hall–Kier alpha value is -1.36. The molecular weight excluding hydrogens is 313 g/mol. The van der Waals surface area contributed by atoms with Crippen LogP contribution in [0.4, 0.5) is 5.82 Å². The summed E-state index contributed by atoms with van der Waals surface area (Å²) in [6.45, 7) is 2.49. The lowest BCUT2D eigenvalue weighted by atomic mass is 10.2. The summed E-state index contributed by atoms with van der Waals surface area (Å²) in [5.74, 6) is 0.743. The zero-order valence-corrected chi connectivity index (χ0v) is 13.1. The minimum absolute atomic E-state index is 0.498. The first-order valence-electron chi connectivity index (χ1n) is 5.96. The van der Waals surface area contributed by atoms with Gasteiger partial charge in [0.05, 0.1) is 0 Å². The van der Waals surface area contributed by atoms with Crippen LogP contribution < -0.4 is 10.6 Å². The van der Waals surface area contributed by atoms with Gasteiger partial charge >= 0.3 is 0 Å². The molecule has 0 saturated carbocycles. The zero-order chi connectivity index (χ0) is 14.5. The second kappa shape index (κ2) is 6.88. The molecule has 0 bridgehead atoms. The van der Waals surface area contributed by atoms with Crippen LogP contribution in [-0.2, 0) is 6.54 Å². The number of hydrogen-bond donors (Lipinski definition) is 2. The van der Waals surface area contributed by atoms with Crippen LogP contribution in [0.3, 0.4) is 0 Å². The molecule has 3 nitrogen and oxygen atoms in total. The Labute approximate surface area is 133 Å². The van der Waals surface area contributed by atoms with E-state index in [-0.39, 0.29) is 0 Å². The molecule has 0 aliphatic heterocycles. The SMILES string of the molecule is Cc1cccnc1NC(=S)NCc1ccc(Cl)cc1Cl. The molecule has 20 heavy (non-hydrogen) atoms. The maximum Gasteiger partial charge on any atom is 0.172 e. The van der Waals surface area contributed by atoms with Crippen molar-refractivity contribution in [3.05, 3.63) is 57.7 Å². The molecule has 0 aliphatic carbocycles. The Morgan fingerprint density at radius 3 is 2.80 bits per heavy atom. The fraction of sp³-hybridized carbons (Fsp3) is 0.143. The molecule has 1 aromatic heterocycles. The molecule has 0 spiro atoms. The van der Waals surface area contributed by atoms with Crippen molar-refractivity contribution in [2.75, 3.05) is 5.32 Å². The molecule has 0 fully saturated rings. The molecule has 0 saturated heterocycles. The minimum atomic E-state index is 0.498. The van der Waals surface area contributed by atoms with Crippen LogP contribution in [0.15, 0.2) is 36.5 Å². The van der Waals surface area contributed by atoms with Crippen LogP contribution in [0.25, 0.3) is 0 Å². The average Bonchev–Trinajstić information content (AvgIpc) is 2.40. The highest BCUT2D eigenvalue weighted by molar-refractivity contribution is 7.80. The first-order chi connectivity index (χ1) is 9.56. The van der Waals surface area contributed by atoms with E-state index in [0.717, 1.165) is 16.9 Å². The number of aromatic nitrogens is 1. The molecular formula is C14H13Cl2N3S. The molecule has 1 aromatic carbocycles. The normalized spacial score (nSPS) is 10.2. The summed E-state index contributed by atoms with van der Waals surface area (Å²) < 4.78 is 0. The Balaban J connectivity index is 1.94. The van der Waals surface area contributed by atoms with Gasteiger partial charge in [0.2, 0.25) is 0 Å². The van der Waals surface area contributed by atoms with E-state index in [9.17, 15) is 0 Å². The molecule has 104 valence electrons.